The van der Waals surface area contributed by atoms with Crippen molar-refractivity contribution in [1.82, 2.24) is 5.32 Å². The van der Waals surface area contributed by atoms with Crippen molar-refractivity contribution in [2.24, 2.45) is 0 Å². The molecule has 1 atom stereocenters. The molecule has 2 aromatic rings. The fourth-order valence-electron chi connectivity index (χ4n) is 1.93. The van der Waals surface area contributed by atoms with Gasteiger partial charge in [-0.05, 0) is 30.8 Å². The van der Waals surface area contributed by atoms with E-state index in [9.17, 15) is 4.39 Å². The summed E-state index contributed by atoms with van der Waals surface area (Å²) >= 11 is 1.58. The zero-order valence-corrected chi connectivity index (χ0v) is 11.9. The van der Waals surface area contributed by atoms with Gasteiger partial charge in [-0.15, -0.1) is 11.3 Å². The number of methoxy groups -OCH3 is 2. The van der Waals surface area contributed by atoms with E-state index in [1.165, 1.54) is 13.2 Å². The summed E-state index contributed by atoms with van der Waals surface area (Å²) in [7, 11) is 4.93. The largest absolute Gasteiger partial charge is 0.496 e. The molecule has 0 fully saturated rings. The van der Waals surface area contributed by atoms with Crippen LogP contribution in [-0.2, 0) is 0 Å². The monoisotopic (exact) mass is 281 g/mol. The number of ether oxygens (including phenoxy) is 2. The Balaban J connectivity index is 2.33. The minimum absolute atomic E-state index is 0.0608. The van der Waals surface area contributed by atoms with Gasteiger partial charge in [-0.3, -0.25) is 0 Å². The molecule has 0 bridgehead atoms. The van der Waals surface area contributed by atoms with E-state index in [0.717, 1.165) is 16.2 Å². The van der Waals surface area contributed by atoms with Crippen molar-refractivity contribution in [1.29, 1.82) is 0 Å². The van der Waals surface area contributed by atoms with Crippen LogP contribution in [0.5, 0.6) is 11.5 Å². The Kier molecular flexibility index (Phi) is 4.39. The third kappa shape index (κ3) is 2.88. The second kappa shape index (κ2) is 6.04. The summed E-state index contributed by atoms with van der Waals surface area (Å²) in [6.07, 6.45) is 0. The van der Waals surface area contributed by atoms with Gasteiger partial charge in [-0.1, -0.05) is 6.07 Å². The number of rotatable bonds is 5. The molecule has 0 aliphatic heterocycles. The molecule has 0 aliphatic rings. The molecule has 0 saturated carbocycles. The highest BCUT2D eigenvalue weighted by Crippen LogP contribution is 2.32. The lowest BCUT2D eigenvalue weighted by molar-refractivity contribution is 0.386. The van der Waals surface area contributed by atoms with Gasteiger partial charge in [-0.2, -0.15) is 0 Å². The van der Waals surface area contributed by atoms with Gasteiger partial charge in [0.1, 0.15) is 5.75 Å². The minimum atomic E-state index is -0.358. The first-order valence-electron chi connectivity index (χ1n) is 5.82. The van der Waals surface area contributed by atoms with Crippen LogP contribution >= 0.6 is 11.3 Å². The molecule has 0 amide bonds. The molecule has 102 valence electrons. The van der Waals surface area contributed by atoms with Gasteiger partial charge in [0.15, 0.2) is 11.6 Å². The highest BCUT2D eigenvalue weighted by Gasteiger charge is 2.16. The van der Waals surface area contributed by atoms with Crippen molar-refractivity contribution < 1.29 is 13.9 Å². The zero-order valence-electron chi connectivity index (χ0n) is 11.1. The molecular weight excluding hydrogens is 265 g/mol. The molecule has 0 aliphatic carbocycles. The summed E-state index contributed by atoms with van der Waals surface area (Å²) in [6, 6.07) is 6.88. The summed E-state index contributed by atoms with van der Waals surface area (Å²) in [4.78, 5) is 1.07. The van der Waals surface area contributed by atoms with E-state index in [1.807, 2.05) is 24.6 Å². The highest BCUT2D eigenvalue weighted by atomic mass is 32.1. The maximum absolute atomic E-state index is 13.8. The second-order valence-corrected chi connectivity index (χ2v) is 4.95. The quantitative estimate of drug-likeness (QED) is 0.913. The first-order chi connectivity index (χ1) is 9.19. The summed E-state index contributed by atoms with van der Waals surface area (Å²) in [5.41, 5.74) is 0.852. The van der Waals surface area contributed by atoms with Gasteiger partial charge >= 0.3 is 0 Å². The van der Waals surface area contributed by atoms with Crippen molar-refractivity contribution in [3.8, 4) is 11.5 Å². The van der Waals surface area contributed by atoms with Crippen molar-refractivity contribution in [3.05, 3.63) is 45.9 Å². The molecule has 0 saturated heterocycles. The van der Waals surface area contributed by atoms with Gasteiger partial charge in [0.05, 0.1) is 20.3 Å². The van der Waals surface area contributed by atoms with Crippen LogP contribution in [0.3, 0.4) is 0 Å². The van der Waals surface area contributed by atoms with E-state index in [2.05, 4.69) is 5.32 Å². The van der Waals surface area contributed by atoms with Crippen LogP contribution in [0.25, 0.3) is 0 Å². The molecule has 19 heavy (non-hydrogen) atoms. The smallest absolute Gasteiger partial charge is 0.165 e. The van der Waals surface area contributed by atoms with E-state index in [1.54, 1.807) is 24.5 Å². The second-order valence-electron chi connectivity index (χ2n) is 4.00. The average Bonchev–Trinajstić information content (AvgIpc) is 2.88. The molecule has 1 aromatic carbocycles. The molecule has 5 heteroatoms. The Bertz CT molecular complexity index is 556. The van der Waals surface area contributed by atoms with Gasteiger partial charge in [0.2, 0.25) is 0 Å². The van der Waals surface area contributed by atoms with Crippen molar-refractivity contribution >= 4 is 11.3 Å². The van der Waals surface area contributed by atoms with E-state index in [0.29, 0.717) is 0 Å². The highest BCUT2D eigenvalue weighted by molar-refractivity contribution is 7.10. The molecule has 1 heterocycles. The lowest BCUT2D eigenvalue weighted by Crippen LogP contribution is -2.16. The topological polar surface area (TPSA) is 30.5 Å². The molecule has 3 nitrogen and oxygen atoms in total. The van der Waals surface area contributed by atoms with Crippen molar-refractivity contribution in [2.45, 2.75) is 6.04 Å². The number of hydrogen-bond donors (Lipinski definition) is 1. The summed E-state index contributed by atoms with van der Waals surface area (Å²) in [5.74, 6) is 0.709. The fraction of sp³-hybridized carbons (Fsp3) is 0.286. The maximum Gasteiger partial charge on any atom is 0.165 e. The molecule has 1 unspecified atom stereocenters. The van der Waals surface area contributed by atoms with E-state index in [-0.39, 0.29) is 17.6 Å². The number of hydrogen-bond acceptors (Lipinski definition) is 4. The molecule has 0 radical (unpaired) electrons. The first kappa shape index (κ1) is 13.8. The fourth-order valence-corrected chi connectivity index (χ4v) is 2.92. The van der Waals surface area contributed by atoms with E-state index < -0.39 is 0 Å². The van der Waals surface area contributed by atoms with Gasteiger partial charge in [0, 0.05) is 10.3 Å². The van der Waals surface area contributed by atoms with Crippen LogP contribution in [0.15, 0.2) is 29.6 Å². The zero-order chi connectivity index (χ0) is 13.8. The summed E-state index contributed by atoms with van der Waals surface area (Å²) in [6.45, 7) is 0. The van der Waals surface area contributed by atoms with Crippen molar-refractivity contribution in [3.63, 3.8) is 0 Å². The normalized spacial score (nSPS) is 12.2. The standard InChI is InChI=1S/C14H16FNO2S/c1-16-14(13-7-10(17-2)8-19-13)9-4-5-12(18-3)11(15)6-9/h4-8,14,16H,1-3H3. The van der Waals surface area contributed by atoms with E-state index >= 15 is 0 Å². The lowest BCUT2D eigenvalue weighted by Gasteiger charge is -2.15. The Morgan fingerprint density at radius 2 is 2.00 bits per heavy atom. The molecule has 1 aromatic heterocycles. The van der Waals surface area contributed by atoms with Crippen LogP contribution in [0.1, 0.15) is 16.5 Å². The van der Waals surface area contributed by atoms with Gasteiger partial charge in [0.25, 0.3) is 0 Å². The number of halogens is 1. The Hall–Kier alpha value is -1.59. The predicted molar refractivity (Wildman–Crippen MR) is 74.7 cm³/mol. The van der Waals surface area contributed by atoms with E-state index in [4.69, 9.17) is 9.47 Å². The summed E-state index contributed by atoms with van der Waals surface area (Å²) < 4.78 is 23.9. The third-order valence-electron chi connectivity index (χ3n) is 2.91. The van der Waals surface area contributed by atoms with Crippen LogP contribution in [0.4, 0.5) is 4.39 Å². The SMILES string of the molecule is CNC(c1ccc(OC)c(F)c1)c1cc(OC)cs1. The maximum atomic E-state index is 13.8. The Morgan fingerprint density at radius 3 is 2.53 bits per heavy atom. The van der Waals surface area contributed by atoms with Crippen LogP contribution in [0.2, 0.25) is 0 Å². The molecular formula is C14H16FNO2S. The van der Waals surface area contributed by atoms with Gasteiger partial charge < -0.3 is 14.8 Å². The Morgan fingerprint density at radius 1 is 1.21 bits per heavy atom. The predicted octanol–water partition coefficient (Wildman–Crippen LogP) is 3.21. The number of benzene rings is 1. The lowest BCUT2D eigenvalue weighted by atomic mass is 10.1. The average molecular weight is 281 g/mol. The molecule has 2 rings (SSSR count). The third-order valence-corrected chi connectivity index (χ3v) is 3.89. The summed E-state index contributed by atoms with van der Waals surface area (Å²) in [5, 5.41) is 5.11. The van der Waals surface area contributed by atoms with Crippen LogP contribution < -0.4 is 14.8 Å². The number of nitrogens with one attached hydrogen (secondary N) is 1. The van der Waals surface area contributed by atoms with Gasteiger partial charge in [-0.25, -0.2) is 4.39 Å². The number of thiophene rings is 1. The van der Waals surface area contributed by atoms with Crippen molar-refractivity contribution in [2.75, 3.05) is 21.3 Å². The Labute approximate surface area is 116 Å². The molecule has 0 spiro atoms. The minimum Gasteiger partial charge on any atom is -0.496 e. The van der Waals surface area contributed by atoms with Crippen LogP contribution in [-0.4, -0.2) is 21.3 Å². The van der Waals surface area contributed by atoms with Crippen LogP contribution in [0, 0.1) is 5.82 Å². The first-order valence-corrected chi connectivity index (χ1v) is 6.70. The molecule has 1 N–H and O–H groups in total.